The molecule has 0 atom stereocenters. The van der Waals surface area contributed by atoms with Crippen molar-refractivity contribution in [2.24, 2.45) is 4.99 Å². The fraction of sp³-hybridized carbons (Fsp3) is 0.158. The SMILES string of the molecule is O=c1[nH]c(O)c(/C=c2/cnn3c(=NC4CC4)cc(Nc4ccccc4F)nc23)[nH]1. The molecule has 0 amide bonds. The molecule has 146 valence electrons. The van der Waals surface area contributed by atoms with Gasteiger partial charge in [0.1, 0.15) is 17.3 Å². The third kappa shape index (κ3) is 3.35. The molecule has 0 aliphatic heterocycles. The molecule has 9 nitrogen and oxygen atoms in total. The van der Waals surface area contributed by atoms with Gasteiger partial charge in [-0.15, -0.1) is 0 Å². The van der Waals surface area contributed by atoms with Crippen molar-refractivity contribution in [3.05, 3.63) is 69.2 Å². The maximum absolute atomic E-state index is 14.1. The average Bonchev–Trinajstić information content (AvgIpc) is 3.33. The standard InChI is InChI=1S/C19H16FN7O2/c20-12-3-1-2-4-13(12)23-15-8-16(22-11-5-6-11)27-17(25-15)10(9-21-27)7-14-18(28)26-19(29)24-14/h1-4,7-9,11,23,28H,5-6H2,(H2,24,26,29)/b10-7-,22-16?. The van der Waals surface area contributed by atoms with E-state index in [0.29, 0.717) is 27.9 Å². The first kappa shape index (κ1) is 17.2. The summed E-state index contributed by atoms with van der Waals surface area (Å²) in [6.07, 6.45) is 5.14. The van der Waals surface area contributed by atoms with Crippen molar-refractivity contribution < 1.29 is 9.50 Å². The Bertz CT molecular complexity index is 1400. The topological polar surface area (TPSA) is 123 Å². The van der Waals surface area contributed by atoms with Crippen LogP contribution < -0.4 is 21.7 Å². The van der Waals surface area contributed by atoms with Crippen LogP contribution in [0.3, 0.4) is 0 Å². The Morgan fingerprint density at radius 1 is 1.31 bits per heavy atom. The number of benzene rings is 1. The van der Waals surface area contributed by atoms with E-state index in [1.165, 1.54) is 6.07 Å². The highest BCUT2D eigenvalue weighted by Crippen LogP contribution is 2.23. The lowest BCUT2D eigenvalue weighted by atomic mass is 10.3. The van der Waals surface area contributed by atoms with Crippen LogP contribution in [0, 0.1) is 5.82 Å². The maximum Gasteiger partial charge on any atom is 0.326 e. The van der Waals surface area contributed by atoms with Gasteiger partial charge >= 0.3 is 5.69 Å². The Balaban J connectivity index is 1.70. The molecule has 4 N–H and O–H groups in total. The predicted octanol–water partition coefficient (Wildman–Crippen LogP) is 0.945. The Hall–Kier alpha value is -3.95. The summed E-state index contributed by atoms with van der Waals surface area (Å²) in [6.45, 7) is 0. The van der Waals surface area contributed by atoms with Gasteiger partial charge < -0.3 is 15.4 Å². The Morgan fingerprint density at radius 2 is 2.14 bits per heavy atom. The minimum Gasteiger partial charge on any atom is -0.493 e. The largest absolute Gasteiger partial charge is 0.493 e. The summed E-state index contributed by atoms with van der Waals surface area (Å²) in [5.41, 5.74) is 1.01. The first-order valence-electron chi connectivity index (χ1n) is 9.04. The molecule has 5 rings (SSSR count). The number of aromatic nitrogens is 5. The number of aromatic amines is 2. The molecule has 1 aromatic carbocycles. The summed E-state index contributed by atoms with van der Waals surface area (Å²) >= 11 is 0. The summed E-state index contributed by atoms with van der Waals surface area (Å²) in [6, 6.07) is 8.26. The highest BCUT2D eigenvalue weighted by Gasteiger charge is 2.20. The smallest absolute Gasteiger partial charge is 0.326 e. The number of halogens is 1. The lowest BCUT2D eigenvalue weighted by molar-refractivity contribution is 0.454. The highest BCUT2D eigenvalue weighted by atomic mass is 19.1. The lowest BCUT2D eigenvalue weighted by Crippen LogP contribution is -2.20. The van der Waals surface area contributed by atoms with Gasteiger partial charge in [0, 0.05) is 11.3 Å². The van der Waals surface area contributed by atoms with E-state index in [2.05, 4.69) is 30.4 Å². The number of imidazole rings is 1. The molecule has 29 heavy (non-hydrogen) atoms. The zero-order chi connectivity index (χ0) is 20.0. The predicted molar refractivity (Wildman–Crippen MR) is 103 cm³/mol. The average molecular weight is 393 g/mol. The molecule has 0 unspecified atom stereocenters. The fourth-order valence-electron chi connectivity index (χ4n) is 2.96. The number of H-pyrrole nitrogens is 2. The number of nitrogens with one attached hydrogen (secondary N) is 3. The van der Waals surface area contributed by atoms with Crippen molar-refractivity contribution in [3.63, 3.8) is 0 Å². The molecule has 1 fully saturated rings. The molecule has 1 saturated carbocycles. The molecule has 0 radical (unpaired) electrons. The van der Waals surface area contributed by atoms with Gasteiger partial charge in [0.25, 0.3) is 0 Å². The molecular formula is C19H16FN7O2. The number of rotatable bonds is 4. The Labute approximate surface area is 162 Å². The van der Waals surface area contributed by atoms with E-state index in [9.17, 15) is 14.3 Å². The number of anilines is 2. The van der Waals surface area contributed by atoms with Crippen LogP contribution in [0.15, 0.2) is 46.3 Å². The van der Waals surface area contributed by atoms with Gasteiger partial charge in [-0.2, -0.15) is 9.61 Å². The lowest BCUT2D eigenvalue weighted by Gasteiger charge is -2.07. The van der Waals surface area contributed by atoms with Crippen molar-refractivity contribution in [1.29, 1.82) is 0 Å². The van der Waals surface area contributed by atoms with Crippen molar-refractivity contribution in [2.45, 2.75) is 18.9 Å². The van der Waals surface area contributed by atoms with Gasteiger partial charge in [-0.05, 0) is 31.1 Å². The summed E-state index contributed by atoms with van der Waals surface area (Å²) in [5, 5.41) is 17.7. The van der Waals surface area contributed by atoms with Gasteiger partial charge in [0.15, 0.2) is 11.1 Å². The van der Waals surface area contributed by atoms with Crippen molar-refractivity contribution in [3.8, 4) is 5.88 Å². The molecule has 0 bridgehead atoms. The van der Waals surface area contributed by atoms with E-state index >= 15 is 0 Å². The minimum absolute atomic E-state index is 0.208. The van der Waals surface area contributed by atoms with Crippen LogP contribution in [0.25, 0.3) is 11.7 Å². The number of aromatic hydroxyl groups is 1. The normalized spacial score (nSPS) is 15.3. The molecule has 4 aromatic rings. The third-order valence-corrected chi connectivity index (χ3v) is 4.51. The molecule has 0 saturated heterocycles. The first-order chi connectivity index (χ1) is 14.1. The van der Waals surface area contributed by atoms with Crippen LogP contribution in [0.5, 0.6) is 5.88 Å². The summed E-state index contributed by atoms with van der Waals surface area (Å²) in [7, 11) is 0. The quantitative estimate of drug-likeness (QED) is 0.411. The third-order valence-electron chi connectivity index (χ3n) is 4.51. The van der Waals surface area contributed by atoms with Crippen LogP contribution in [0.2, 0.25) is 0 Å². The van der Waals surface area contributed by atoms with E-state index in [4.69, 9.17) is 0 Å². The second-order valence-electron chi connectivity index (χ2n) is 6.79. The monoisotopic (exact) mass is 393 g/mol. The van der Waals surface area contributed by atoms with Crippen LogP contribution in [0.1, 0.15) is 18.5 Å². The van der Waals surface area contributed by atoms with Gasteiger partial charge in [-0.1, -0.05) is 12.1 Å². The summed E-state index contributed by atoms with van der Waals surface area (Å²) in [5.74, 6) is -0.271. The van der Waals surface area contributed by atoms with Crippen LogP contribution >= 0.6 is 0 Å². The number of hydrogen-bond donors (Lipinski definition) is 4. The second kappa shape index (κ2) is 6.59. The van der Waals surface area contributed by atoms with Crippen LogP contribution in [-0.4, -0.2) is 35.7 Å². The van der Waals surface area contributed by atoms with Gasteiger partial charge in [0.2, 0.25) is 5.88 Å². The van der Waals surface area contributed by atoms with Crippen molar-refractivity contribution in [2.75, 3.05) is 5.32 Å². The minimum atomic E-state index is -0.524. The Morgan fingerprint density at radius 3 is 2.86 bits per heavy atom. The van der Waals surface area contributed by atoms with E-state index in [1.54, 1.807) is 41.1 Å². The zero-order valence-corrected chi connectivity index (χ0v) is 15.1. The van der Waals surface area contributed by atoms with Gasteiger partial charge in [0.05, 0.1) is 17.9 Å². The number of para-hydroxylation sites is 1. The Kier molecular flexibility index (Phi) is 3.90. The first-order valence-corrected chi connectivity index (χ1v) is 9.04. The van der Waals surface area contributed by atoms with Gasteiger partial charge in [-0.3, -0.25) is 9.98 Å². The molecule has 1 aliphatic rings. The molecule has 0 spiro atoms. The molecular weight excluding hydrogens is 377 g/mol. The van der Waals surface area contributed by atoms with Gasteiger partial charge in [-0.25, -0.2) is 14.2 Å². The van der Waals surface area contributed by atoms with Crippen LogP contribution in [0.4, 0.5) is 15.9 Å². The highest BCUT2D eigenvalue weighted by molar-refractivity contribution is 5.61. The summed E-state index contributed by atoms with van der Waals surface area (Å²) in [4.78, 5) is 25.3. The van der Waals surface area contributed by atoms with E-state index < -0.39 is 11.5 Å². The molecule has 1 aliphatic carbocycles. The second-order valence-corrected chi connectivity index (χ2v) is 6.79. The summed E-state index contributed by atoms with van der Waals surface area (Å²) < 4.78 is 15.6. The van der Waals surface area contributed by atoms with Crippen molar-refractivity contribution in [1.82, 2.24) is 24.6 Å². The zero-order valence-electron chi connectivity index (χ0n) is 15.1. The number of nitrogens with zero attached hydrogens (tertiary/aromatic N) is 4. The molecule has 10 heteroatoms. The molecule has 3 heterocycles. The van der Waals surface area contributed by atoms with Crippen molar-refractivity contribution >= 4 is 23.2 Å². The maximum atomic E-state index is 14.1. The molecule has 3 aromatic heterocycles. The number of fused-ring (bicyclic) bond motifs is 1. The van der Waals surface area contributed by atoms with E-state index in [1.807, 2.05) is 0 Å². The van der Waals surface area contributed by atoms with Crippen LogP contribution in [-0.2, 0) is 0 Å². The van der Waals surface area contributed by atoms with E-state index in [-0.39, 0.29) is 17.6 Å². The fourth-order valence-corrected chi connectivity index (χ4v) is 2.96. The van der Waals surface area contributed by atoms with E-state index in [0.717, 1.165) is 12.8 Å². The number of hydrogen-bond acceptors (Lipinski definition) is 6.